The van der Waals surface area contributed by atoms with Crippen LogP contribution < -0.4 is 0 Å². The molecule has 1 N–H and O–H groups in total. The molecule has 0 saturated carbocycles. The van der Waals surface area contributed by atoms with Crippen LogP contribution >= 0.6 is 0 Å². The van der Waals surface area contributed by atoms with Crippen LogP contribution in [0.4, 0.5) is 0 Å². The van der Waals surface area contributed by atoms with Crippen LogP contribution in [0, 0.1) is 0 Å². The number of hydrogen-bond acceptors (Lipinski definition) is 1. The van der Waals surface area contributed by atoms with Crippen LogP contribution in [0.15, 0.2) is 63.7 Å². The van der Waals surface area contributed by atoms with E-state index < -0.39 is 5.97 Å². The predicted octanol–water partition coefficient (Wildman–Crippen LogP) is 4.77. The van der Waals surface area contributed by atoms with Gasteiger partial charge in [0.15, 0.2) is 0 Å². The summed E-state index contributed by atoms with van der Waals surface area (Å²) < 4.78 is 0. The summed E-state index contributed by atoms with van der Waals surface area (Å²) in [5, 5.41) is 8.28. The highest BCUT2D eigenvalue weighted by Crippen LogP contribution is 2.06. The van der Waals surface area contributed by atoms with Crippen LogP contribution in [-0.2, 0) is 4.79 Å². The normalized spacial score (nSPS) is 7.32. The van der Waals surface area contributed by atoms with Gasteiger partial charge in [0.25, 0.3) is 0 Å². The van der Waals surface area contributed by atoms with Gasteiger partial charge in [0, 0.05) is 0 Å². The van der Waals surface area contributed by atoms with Crippen molar-refractivity contribution >= 4 is 5.97 Å². The average molecular weight is 292 g/mol. The van der Waals surface area contributed by atoms with Gasteiger partial charge >= 0.3 is 5.97 Å². The summed E-state index contributed by atoms with van der Waals surface area (Å²) in [4.78, 5) is 10.1. The van der Waals surface area contributed by atoms with Crippen molar-refractivity contribution in [3.63, 3.8) is 0 Å². The van der Waals surface area contributed by atoms with Crippen molar-refractivity contribution in [3.05, 3.63) is 63.7 Å². The lowest BCUT2D eigenvalue weighted by Gasteiger charge is -1.96. The molecule has 0 fully saturated rings. The maximum Gasteiger partial charge on any atom is 0.336 e. The number of carboxylic acids is 1. The van der Waals surface area contributed by atoms with Crippen molar-refractivity contribution in [1.82, 2.24) is 0 Å². The summed E-state index contributed by atoms with van der Waals surface area (Å²) in [6.07, 6.45) is 11.5. The Morgan fingerprint density at radius 2 is 1.36 bits per heavy atom. The zero-order valence-corrected chi connectivity index (χ0v) is 13.0. The van der Waals surface area contributed by atoms with E-state index in [2.05, 4.69) is 58.5 Å². The second-order valence-electron chi connectivity index (χ2n) is 4.41. The van der Waals surface area contributed by atoms with Crippen molar-refractivity contribution in [2.45, 2.75) is 51.9 Å². The minimum absolute atomic E-state index is 0.825. The molecule has 0 amide bonds. The molecular formula is C20H20O2. The first kappa shape index (κ1) is 19.2. The van der Waals surface area contributed by atoms with E-state index >= 15 is 0 Å². The fourth-order valence-corrected chi connectivity index (χ4v) is 1.48. The first-order valence-corrected chi connectivity index (χ1v) is 7.41. The molecule has 0 unspecified atom stereocenters. The first-order chi connectivity index (χ1) is 10.8. The molecule has 112 valence electrons. The molecule has 0 heterocycles. The van der Waals surface area contributed by atoms with Gasteiger partial charge in [-0.05, 0) is 59.0 Å². The number of carbonyl (C=O) groups is 1. The quantitative estimate of drug-likeness (QED) is 0.397. The highest BCUT2D eigenvalue weighted by Gasteiger charge is 1.87. The van der Waals surface area contributed by atoms with Gasteiger partial charge in [0.2, 0.25) is 0 Å². The van der Waals surface area contributed by atoms with Gasteiger partial charge in [-0.15, -0.1) is 0 Å². The van der Waals surface area contributed by atoms with Crippen LogP contribution in [0.1, 0.15) is 51.9 Å². The monoisotopic (exact) mass is 292 g/mol. The van der Waals surface area contributed by atoms with Crippen LogP contribution in [0.3, 0.4) is 0 Å². The second kappa shape index (κ2) is 16.3. The second-order valence-corrected chi connectivity index (χ2v) is 4.41. The Morgan fingerprint density at radius 1 is 0.818 bits per heavy atom. The number of rotatable bonds is 8. The maximum absolute atomic E-state index is 10.1. The third-order valence-electron chi connectivity index (χ3n) is 2.52. The number of carboxylic acid groups (broad SMARTS) is 1. The van der Waals surface area contributed by atoms with Crippen molar-refractivity contribution in [3.8, 4) is 0 Å². The third kappa shape index (κ3) is 17.2. The van der Waals surface area contributed by atoms with Crippen molar-refractivity contribution < 1.29 is 9.90 Å². The molecule has 0 aliphatic heterocycles. The molecule has 0 aromatic rings. The highest BCUT2D eigenvalue weighted by atomic mass is 16.4. The van der Waals surface area contributed by atoms with Gasteiger partial charge in [0.1, 0.15) is 0 Å². The van der Waals surface area contributed by atoms with Crippen LogP contribution in [0.5, 0.6) is 0 Å². The number of aliphatic carboxylic acids is 1. The van der Waals surface area contributed by atoms with E-state index in [1.165, 1.54) is 38.5 Å². The number of allylic oxidation sites excluding steroid dienone is 1. The van der Waals surface area contributed by atoms with Crippen molar-refractivity contribution in [2.75, 3.05) is 0 Å². The Hall–Kier alpha value is -2.77. The molecule has 0 aliphatic rings. The lowest BCUT2D eigenvalue weighted by Crippen LogP contribution is -1.82. The lowest BCUT2D eigenvalue weighted by atomic mass is 10.1. The minimum Gasteiger partial charge on any atom is -0.478 e. The van der Waals surface area contributed by atoms with Crippen LogP contribution in [0.2, 0.25) is 0 Å². The number of unbranched alkanes of at least 4 members (excludes halogenated alkanes) is 6. The van der Waals surface area contributed by atoms with Crippen LogP contribution in [-0.4, -0.2) is 11.1 Å². The summed E-state index contributed by atoms with van der Waals surface area (Å²) in [6, 6.07) is 0. The molecule has 2 heteroatoms. The Bertz CT molecular complexity index is 683. The average Bonchev–Trinajstić information content (AvgIpc) is 2.50. The Kier molecular flexibility index (Phi) is 14.2. The van der Waals surface area contributed by atoms with Crippen molar-refractivity contribution in [2.24, 2.45) is 0 Å². The summed E-state index contributed by atoms with van der Waals surface area (Å²) in [5.74, 6) is -1.09. The Labute approximate surface area is 132 Å². The fourth-order valence-electron chi connectivity index (χ4n) is 1.48. The minimum atomic E-state index is -1.09. The SMILES string of the molecule is CCCCCCCCC=C=C=C=C=C=C=C=C=C=CC(=O)O. The molecule has 0 radical (unpaired) electrons. The Morgan fingerprint density at radius 3 is 2.00 bits per heavy atom. The third-order valence-corrected chi connectivity index (χ3v) is 2.52. The molecular weight excluding hydrogens is 272 g/mol. The first-order valence-electron chi connectivity index (χ1n) is 7.41. The zero-order chi connectivity index (χ0) is 16.3. The lowest BCUT2D eigenvalue weighted by molar-refractivity contribution is -0.131. The van der Waals surface area contributed by atoms with Gasteiger partial charge in [-0.25, -0.2) is 4.79 Å². The molecule has 2 nitrogen and oxygen atoms in total. The summed E-state index contributed by atoms with van der Waals surface area (Å²) in [7, 11) is 0. The van der Waals surface area contributed by atoms with Crippen LogP contribution in [0.25, 0.3) is 0 Å². The molecule has 0 spiro atoms. The molecule has 0 bridgehead atoms. The van der Waals surface area contributed by atoms with Crippen molar-refractivity contribution in [1.29, 1.82) is 0 Å². The predicted molar refractivity (Wildman–Crippen MR) is 86.4 cm³/mol. The summed E-state index contributed by atoms with van der Waals surface area (Å²) >= 11 is 0. The van der Waals surface area contributed by atoms with E-state index in [0.717, 1.165) is 12.5 Å². The molecule has 0 atom stereocenters. The van der Waals surface area contributed by atoms with E-state index in [4.69, 9.17) is 5.11 Å². The fraction of sp³-hybridized carbons (Fsp3) is 0.400. The zero-order valence-electron chi connectivity index (χ0n) is 13.0. The topological polar surface area (TPSA) is 37.3 Å². The molecule has 0 aromatic carbocycles. The molecule has 22 heavy (non-hydrogen) atoms. The van der Waals surface area contributed by atoms with E-state index in [-0.39, 0.29) is 0 Å². The molecule has 0 aliphatic carbocycles. The smallest absolute Gasteiger partial charge is 0.336 e. The summed E-state index contributed by atoms with van der Waals surface area (Å²) in [6.45, 7) is 2.22. The standard InChI is InChI=1S/C20H20O2/c1-2-3-4-5-6-7-8-9-10-11-12-13-14-15-16-17-18-19-20(21)22/h9,19H,2-8H2,1H3,(H,21,22). The molecule has 0 saturated heterocycles. The van der Waals surface area contributed by atoms with E-state index in [0.29, 0.717) is 0 Å². The molecule has 0 rings (SSSR count). The maximum atomic E-state index is 10.1. The van der Waals surface area contributed by atoms with E-state index in [9.17, 15) is 4.79 Å². The van der Waals surface area contributed by atoms with Gasteiger partial charge in [-0.2, -0.15) is 0 Å². The van der Waals surface area contributed by atoms with Gasteiger partial charge in [-0.3, -0.25) is 0 Å². The van der Waals surface area contributed by atoms with E-state index in [1.807, 2.05) is 6.08 Å². The Balaban J connectivity index is 4.36. The van der Waals surface area contributed by atoms with Gasteiger partial charge in [0.05, 0.1) is 6.08 Å². The number of hydrogen-bond donors (Lipinski definition) is 1. The summed E-state index contributed by atoms with van der Waals surface area (Å²) in [5.41, 5.74) is 22.7. The molecule has 0 aromatic heterocycles. The largest absolute Gasteiger partial charge is 0.478 e. The van der Waals surface area contributed by atoms with Gasteiger partial charge < -0.3 is 5.11 Å². The van der Waals surface area contributed by atoms with E-state index in [1.54, 1.807) is 0 Å². The van der Waals surface area contributed by atoms with Gasteiger partial charge in [-0.1, -0.05) is 50.5 Å². The highest BCUT2D eigenvalue weighted by molar-refractivity contribution is 5.79.